The quantitative estimate of drug-likeness (QED) is 0.0620. The maximum atomic E-state index is 10.3. The summed E-state index contributed by atoms with van der Waals surface area (Å²) >= 11 is 0. The van der Waals surface area contributed by atoms with Crippen LogP contribution in [0.25, 0.3) is 0 Å². The minimum atomic E-state index is -1.44. The molecule has 6 rings (SSSR count). The molecule has 0 saturated carbocycles. The Hall–Kier alpha value is -7.26. The average Bonchev–Trinajstić information content (AvgIpc) is 3.34. The fraction of sp³-hybridized carbons (Fsp3) is 0. The molecule has 0 aliphatic heterocycles. The molecule has 472 valence electrons. The molecule has 0 unspecified atom stereocenters. The van der Waals surface area contributed by atoms with Crippen LogP contribution >= 0.6 is 0 Å². The zero-order valence-corrected chi connectivity index (χ0v) is 59.8. The third-order valence-electron chi connectivity index (χ3n) is 9.04. The van der Waals surface area contributed by atoms with Gasteiger partial charge < -0.3 is 197 Å². The van der Waals surface area contributed by atoms with Crippen molar-refractivity contribution in [3.8, 4) is 0 Å². The molecular weight excluding hydrogens is 1720 g/mol. The van der Waals surface area contributed by atoms with Crippen LogP contribution in [0.3, 0.4) is 0 Å². The molecule has 0 amide bonds. The average molecular weight is 1750 g/mol. The van der Waals surface area contributed by atoms with Crippen LogP contribution in [0.15, 0.2) is 109 Å². The first-order valence-corrected chi connectivity index (χ1v) is 20.1. The molecule has 0 heterocycles. The van der Waals surface area contributed by atoms with Gasteiger partial charge in [-0.15, -0.1) is 0 Å². The minimum Gasteiger partial charge on any atom is -2.00 e. The molecule has 6 aromatic carbocycles. The van der Waals surface area contributed by atoms with Crippen molar-refractivity contribution in [2.75, 3.05) is 34.4 Å². The number of nitrogen functional groups attached to an aromatic ring is 6. The smallest absolute Gasteiger partial charge is 2.00 e. The molecule has 16 N–H and O–H groups in total. The fourth-order valence-corrected chi connectivity index (χ4v) is 5.25. The first-order valence-electron chi connectivity index (χ1n) is 20.1. The van der Waals surface area contributed by atoms with Gasteiger partial charge in [-0.3, -0.25) is 0 Å². The number of carbonyl (C=O) groups excluding carboxylic acids is 12. The van der Waals surface area contributed by atoms with Gasteiger partial charge in [-0.2, -0.15) is 0 Å². The number of benzene rings is 6. The zero-order valence-electron chi connectivity index (χ0n) is 45.1. The molecule has 6 aromatic rings. The number of carboxylic acid groups (broad SMARTS) is 12. The first-order chi connectivity index (χ1) is 36.1. The van der Waals surface area contributed by atoms with Crippen molar-refractivity contribution in [1.29, 1.82) is 0 Å². The Balaban J connectivity index is -0.0000000642. The summed E-state index contributed by atoms with van der Waals surface area (Å²) in [6.45, 7) is 0. The summed E-state index contributed by atoms with van der Waals surface area (Å²) in [7, 11) is 0. The Morgan fingerprint density at radius 1 is 0.196 bits per heavy atom. The molecule has 0 aliphatic carbocycles. The predicted octanol–water partition coefficient (Wildman–Crippen LogP) is -13.2. The van der Waals surface area contributed by atoms with Crippen LogP contribution in [0.4, 0.5) is 34.1 Å². The van der Waals surface area contributed by atoms with Crippen molar-refractivity contribution in [3.63, 3.8) is 0 Å². The molecule has 0 aliphatic rings. The van der Waals surface area contributed by atoms with E-state index in [2.05, 4.69) is 0 Å². The van der Waals surface area contributed by atoms with E-state index < -0.39 is 71.6 Å². The Kier molecular flexibility index (Phi) is 72.9. The normalized spacial score (nSPS) is 8.09. The van der Waals surface area contributed by atoms with Gasteiger partial charge in [0.2, 0.25) is 0 Å². The topological polar surface area (TPSA) is 872 Å². The SMILES string of the molecule is Nc1cc(C(=O)[O-])ccc1C(=O)[O-].Nc1cc(C(=O)[O-])ccc1C(=O)[O-].Nc1cc(C(=O)[O-])ccc1C(=O)[O-].Nc1cc(C(=O)[O-])ccc1C(=O)[O-].Nc1cc(C(=O)[O-])ccc1C(=O)[O-].Nc1cc(C(=O)[O-])ccc1C(=O)[O-].[O-2].[O-2].[O-2].[O-2].[OH-].[OH-].[OH-].[OH-].[Zr+4].[Zr+4].[Zr+4].[Zr+4].[Zr+4].[Zr+4]. The molecule has 38 nitrogen and oxygen atoms in total. The molecule has 0 spiro atoms. The Morgan fingerprint density at radius 2 is 0.283 bits per heavy atom. The van der Waals surface area contributed by atoms with E-state index in [0.717, 1.165) is 109 Å². The Bertz CT molecular complexity index is 2850. The summed E-state index contributed by atoms with van der Waals surface area (Å²) in [5, 5.41) is 124. The van der Waals surface area contributed by atoms with Crippen molar-refractivity contribution in [1.82, 2.24) is 0 Å². The number of hydrogen-bond acceptors (Lipinski definition) is 34. The van der Waals surface area contributed by atoms with Crippen molar-refractivity contribution in [2.45, 2.75) is 0 Å². The monoisotopic (exact) mass is 1750 g/mol. The molecule has 0 saturated heterocycles. The van der Waals surface area contributed by atoms with Crippen LogP contribution in [0, 0.1) is 0 Å². The van der Waals surface area contributed by atoms with Gasteiger partial charge in [0.25, 0.3) is 0 Å². The zero-order chi connectivity index (χ0) is 60.0. The number of carboxylic acids is 12. The Labute approximate surface area is 629 Å². The van der Waals surface area contributed by atoms with Crippen molar-refractivity contribution < 1.29 is 320 Å². The minimum absolute atomic E-state index is 0. The third kappa shape index (κ3) is 39.2. The van der Waals surface area contributed by atoms with Crippen LogP contribution < -0.4 is 95.7 Å². The maximum absolute atomic E-state index is 10.3. The molecule has 0 fully saturated rings. The molecule has 92 heavy (non-hydrogen) atoms. The maximum Gasteiger partial charge on any atom is 4.00 e. The standard InChI is InChI=1S/6C8H7NO4.4H2O.4O.6Zr/c6*9-6-3-4(7(10)11)1-2-5(6)8(12)13;;;;;;;;;;;;;;/h6*1-3H,9H2,(H,10,11)(H,12,13);4*1H2;;;;;;;;;;/q;;;;;;;;;;4*-2;6*+4/p-16. The second-order valence-electron chi connectivity index (χ2n) is 14.3. The van der Waals surface area contributed by atoms with Crippen LogP contribution in [-0.4, -0.2) is 93.5 Å². The fourth-order valence-electron chi connectivity index (χ4n) is 5.25. The van der Waals surface area contributed by atoms with Gasteiger partial charge in [0.05, 0.1) is 71.6 Å². The van der Waals surface area contributed by atoms with Crippen LogP contribution in [0.2, 0.25) is 0 Å². The van der Waals surface area contributed by atoms with Crippen molar-refractivity contribution >= 4 is 106 Å². The van der Waals surface area contributed by atoms with E-state index in [1.165, 1.54) is 0 Å². The van der Waals surface area contributed by atoms with E-state index in [1.807, 2.05) is 0 Å². The molecule has 0 aromatic heterocycles. The molecule has 44 heteroatoms. The Morgan fingerprint density at radius 3 is 0.337 bits per heavy atom. The van der Waals surface area contributed by atoms with Crippen LogP contribution in [0.5, 0.6) is 0 Å². The van der Waals surface area contributed by atoms with Crippen molar-refractivity contribution in [2.24, 2.45) is 0 Å². The van der Waals surface area contributed by atoms with Gasteiger partial charge in [-0.05, 0) is 69.8 Å². The first kappa shape index (κ1) is 119. The summed E-state index contributed by atoms with van der Waals surface area (Å²) in [6, 6.07) is 19.0. The van der Waals surface area contributed by atoms with Gasteiger partial charge in [0.15, 0.2) is 0 Å². The van der Waals surface area contributed by atoms with Gasteiger partial charge in [0, 0.05) is 67.5 Å². The van der Waals surface area contributed by atoms with Gasteiger partial charge >= 0.3 is 157 Å². The summed E-state index contributed by atoms with van der Waals surface area (Å²) in [5.41, 5.74) is 28.2. The van der Waals surface area contributed by atoms with Crippen molar-refractivity contribution in [3.05, 3.63) is 176 Å². The number of nitrogens with two attached hydrogens (primary N) is 6. The second kappa shape index (κ2) is 56.5. The summed E-state index contributed by atoms with van der Waals surface area (Å²) in [5.74, 6) is -17.1. The van der Waals surface area contributed by atoms with Crippen LogP contribution in [-0.2, 0) is 179 Å². The van der Waals surface area contributed by atoms with E-state index >= 15 is 0 Å². The van der Waals surface area contributed by atoms with Crippen LogP contribution in [0.1, 0.15) is 124 Å². The third-order valence-corrected chi connectivity index (χ3v) is 9.04. The van der Waals surface area contributed by atoms with Gasteiger partial charge in [-0.1, -0.05) is 72.8 Å². The number of aromatic carboxylic acids is 12. The number of anilines is 6. The second-order valence-corrected chi connectivity index (χ2v) is 14.3. The van der Waals surface area contributed by atoms with Gasteiger partial charge in [0.1, 0.15) is 0 Å². The summed E-state index contributed by atoms with van der Waals surface area (Å²) in [4.78, 5) is 124. The van der Waals surface area contributed by atoms with E-state index in [9.17, 15) is 119 Å². The largest absolute Gasteiger partial charge is 4.00 e. The van der Waals surface area contributed by atoms with E-state index in [-0.39, 0.29) is 302 Å². The molecular formula is C48H34N6O32Zr6. The predicted molar refractivity (Wildman–Crippen MR) is 248 cm³/mol. The number of hydrogen-bond donors (Lipinski definition) is 6. The van der Waals surface area contributed by atoms with Gasteiger partial charge in [-0.25, -0.2) is 0 Å². The molecule has 0 radical (unpaired) electrons. The van der Waals surface area contributed by atoms with E-state index in [0.29, 0.717) is 0 Å². The number of carbonyl (C=O) groups is 12. The summed E-state index contributed by atoms with van der Waals surface area (Å²) < 4.78 is 0. The molecule has 0 bridgehead atoms. The number of rotatable bonds is 12. The summed E-state index contributed by atoms with van der Waals surface area (Å²) in [6.07, 6.45) is 0. The van der Waals surface area contributed by atoms with E-state index in [4.69, 9.17) is 34.4 Å². The van der Waals surface area contributed by atoms with E-state index in [1.54, 1.807) is 0 Å². The molecule has 0 atom stereocenters.